The van der Waals surface area contributed by atoms with Crippen LogP contribution in [0.5, 0.6) is 0 Å². The summed E-state index contributed by atoms with van der Waals surface area (Å²) in [6, 6.07) is 0. The van der Waals surface area contributed by atoms with Gasteiger partial charge in [-0.1, -0.05) is 0 Å². The standard InChI is InChI=1S/C17H24N4OS/c1-3-21-16(22)14-12-6-4-5-7-13(12)23-15(14)18-17(21)20-10-8-19(2)9-11-20/h3-11H2,1-2H3. The van der Waals surface area contributed by atoms with E-state index in [1.165, 1.54) is 23.3 Å². The predicted molar refractivity (Wildman–Crippen MR) is 95.9 cm³/mol. The highest BCUT2D eigenvalue weighted by molar-refractivity contribution is 7.18. The molecule has 1 fully saturated rings. The number of thiophene rings is 1. The van der Waals surface area contributed by atoms with E-state index in [1.807, 2.05) is 11.5 Å². The van der Waals surface area contributed by atoms with Gasteiger partial charge in [-0.15, -0.1) is 11.3 Å². The summed E-state index contributed by atoms with van der Waals surface area (Å²) in [4.78, 5) is 25.0. The molecule has 0 spiro atoms. The molecule has 0 amide bonds. The lowest BCUT2D eigenvalue weighted by Gasteiger charge is -2.34. The molecule has 3 heterocycles. The van der Waals surface area contributed by atoms with Crippen molar-refractivity contribution in [3.05, 3.63) is 20.8 Å². The van der Waals surface area contributed by atoms with Crippen LogP contribution in [0.4, 0.5) is 5.95 Å². The maximum atomic E-state index is 13.1. The average molecular weight is 332 g/mol. The molecule has 2 aromatic rings. The van der Waals surface area contributed by atoms with Crippen molar-refractivity contribution in [3.8, 4) is 0 Å². The average Bonchev–Trinajstić information content (AvgIpc) is 2.94. The minimum Gasteiger partial charge on any atom is -0.340 e. The van der Waals surface area contributed by atoms with Gasteiger partial charge in [0.2, 0.25) is 5.95 Å². The summed E-state index contributed by atoms with van der Waals surface area (Å²) in [6.45, 7) is 6.68. The zero-order valence-electron chi connectivity index (χ0n) is 14.0. The van der Waals surface area contributed by atoms with E-state index >= 15 is 0 Å². The number of rotatable bonds is 2. The Balaban J connectivity index is 1.86. The molecule has 1 aliphatic carbocycles. The molecule has 5 nitrogen and oxygen atoms in total. The summed E-state index contributed by atoms with van der Waals surface area (Å²) in [6.07, 6.45) is 4.60. The van der Waals surface area contributed by atoms with Crippen LogP contribution in [0.3, 0.4) is 0 Å². The van der Waals surface area contributed by atoms with E-state index in [4.69, 9.17) is 4.98 Å². The molecule has 0 bridgehead atoms. The van der Waals surface area contributed by atoms with E-state index in [0.29, 0.717) is 6.54 Å². The van der Waals surface area contributed by atoms with E-state index < -0.39 is 0 Å². The third-order valence-corrected chi connectivity index (χ3v) is 6.34. The molecule has 2 aromatic heterocycles. The first-order valence-corrected chi connectivity index (χ1v) is 9.49. The van der Waals surface area contributed by atoms with Crippen molar-refractivity contribution in [2.75, 3.05) is 38.1 Å². The van der Waals surface area contributed by atoms with Crippen molar-refractivity contribution >= 4 is 27.5 Å². The molecule has 1 aliphatic heterocycles. The van der Waals surface area contributed by atoms with Crippen LogP contribution in [0.25, 0.3) is 10.2 Å². The molecule has 124 valence electrons. The molecule has 1 saturated heterocycles. The van der Waals surface area contributed by atoms with Crippen molar-refractivity contribution < 1.29 is 0 Å². The first-order chi connectivity index (χ1) is 11.2. The molecule has 2 aliphatic rings. The monoisotopic (exact) mass is 332 g/mol. The molecule has 0 atom stereocenters. The molecule has 0 unspecified atom stereocenters. The van der Waals surface area contributed by atoms with Gasteiger partial charge >= 0.3 is 0 Å². The number of aromatic nitrogens is 2. The molecule has 23 heavy (non-hydrogen) atoms. The van der Waals surface area contributed by atoms with E-state index in [1.54, 1.807) is 11.3 Å². The number of anilines is 1. The molecule has 6 heteroatoms. The van der Waals surface area contributed by atoms with Gasteiger partial charge in [-0.2, -0.15) is 0 Å². The molecular formula is C17H24N4OS. The Hall–Kier alpha value is -1.40. The van der Waals surface area contributed by atoms with Gasteiger partial charge < -0.3 is 9.80 Å². The number of nitrogens with zero attached hydrogens (tertiary/aromatic N) is 4. The Morgan fingerprint density at radius 3 is 2.61 bits per heavy atom. The lowest BCUT2D eigenvalue weighted by molar-refractivity contribution is 0.309. The van der Waals surface area contributed by atoms with E-state index in [-0.39, 0.29) is 5.56 Å². The Labute approximate surface area is 140 Å². The summed E-state index contributed by atoms with van der Waals surface area (Å²) in [5.41, 5.74) is 1.46. The van der Waals surface area contributed by atoms with Gasteiger partial charge in [0.05, 0.1) is 5.39 Å². The summed E-state index contributed by atoms with van der Waals surface area (Å²) >= 11 is 1.75. The normalized spacial score (nSPS) is 19.3. The Kier molecular flexibility index (Phi) is 3.89. The topological polar surface area (TPSA) is 41.4 Å². The quantitative estimate of drug-likeness (QED) is 0.845. The molecule has 0 radical (unpaired) electrons. The number of hydrogen-bond acceptors (Lipinski definition) is 5. The van der Waals surface area contributed by atoms with Crippen LogP contribution in [-0.4, -0.2) is 47.7 Å². The smallest absolute Gasteiger partial charge is 0.263 e. The van der Waals surface area contributed by atoms with Crippen LogP contribution < -0.4 is 10.5 Å². The Morgan fingerprint density at radius 2 is 1.87 bits per heavy atom. The van der Waals surface area contributed by atoms with Crippen molar-refractivity contribution in [2.24, 2.45) is 0 Å². The third kappa shape index (κ3) is 2.48. The number of hydrogen-bond donors (Lipinski definition) is 0. The lowest BCUT2D eigenvalue weighted by atomic mass is 9.97. The van der Waals surface area contributed by atoms with Crippen LogP contribution in [0.15, 0.2) is 4.79 Å². The van der Waals surface area contributed by atoms with E-state index in [9.17, 15) is 4.79 Å². The summed E-state index contributed by atoms with van der Waals surface area (Å²) in [5.74, 6) is 0.872. The second-order valence-corrected chi connectivity index (χ2v) is 7.73. The number of piperazine rings is 1. The lowest BCUT2D eigenvalue weighted by Crippen LogP contribution is -2.46. The fraction of sp³-hybridized carbons (Fsp3) is 0.647. The molecule has 4 rings (SSSR count). The predicted octanol–water partition coefficient (Wildman–Crippen LogP) is 2.11. The van der Waals surface area contributed by atoms with Crippen LogP contribution in [-0.2, 0) is 19.4 Å². The van der Waals surface area contributed by atoms with E-state index in [2.05, 4.69) is 16.8 Å². The second kappa shape index (κ2) is 5.91. The minimum atomic E-state index is 0.172. The van der Waals surface area contributed by atoms with Gasteiger partial charge in [-0.25, -0.2) is 4.98 Å². The first kappa shape index (κ1) is 15.1. The van der Waals surface area contributed by atoms with Crippen LogP contribution in [0.1, 0.15) is 30.2 Å². The highest BCUT2D eigenvalue weighted by atomic mass is 32.1. The van der Waals surface area contributed by atoms with Crippen LogP contribution in [0.2, 0.25) is 0 Å². The SMILES string of the molecule is CCn1c(N2CCN(C)CC2)nc2sc3c(c2c1=O)CCCC3. The van der Waals surface area contributed by atoms with Gasteiger partial charge in [0.1, 0.15) is 4.83 Å². The fourth-order valence-corrected chi connectivity index (χ4v) is 5.01. The fourth-order valence-electron chi connectivity index (χ4n) is 3.76. The maximum absolute atomic E-state index is 13.1. The van der Waals surface area contributed by atoms with Crippen molar-refractivity contribution in [3.63, 3.8) is 0 Å². The minimum absolute atomic E-state index is 0.172. The van der Waals surface area contributed by atoms with Gasteiger partial charge in [-0.3, -0.25) is 9.36 Å². The highest BCUT2D eigenvalue weighted by Crippen LogP contribution is 2.34. The van der Waals surface area contributed by atoms with Crippen molar-refractivity contribution in [1.82, 2.24) is 14.5 Å². The zero-order chi connectivity index (χ0) is 16.0. The Bertz CT molecular complexity index is 786. The second-order valence-electron chi connectivity index (χ2n) is 6.64. The largest absolute Gasteiger partial charge is 0.340 e. The molecule has 0 N–H and O–H groups in total. The van der Waals surface area contributed by atoms with Gasteiger partial charge in [0.15, 0.2) is 0 Å². The molecular weight excluding hydrogens is 308 g/mol. The van der Waals surface area contributed by atoms with Crippen molar-refractivity contribution in [1.29, 1.82) is 0 Å². The van der Waals surface area contributed by atoms with Gasteiger partial charge in [0.25, 0.3) is 5.56 Å². The van der Waals surface area contributed by atoms with Crippen LogP contribution >= 0.6 is 11.3 Å². The van der Waals surface area contributed by atoms with Crippen LogP contribution in [0, 0.1) is 0 Å². The number of likely N-dealkylation sites (N-methyl/N-ethyl adjacent to an activating group) is 1. The first-order valence-electron chi connectivity index (χ1n) is 8.67. The number of fused-ring (bicyclic) bond motifs is 3. The van der Waals surface area contributed by atoms with Gasteiger partial charge in [0, 0.05) is 37.6 Å². The maximum Gasteiger partial charge on any atom is 0.263 e. The zero-order valence-corrected chi connectivity index (χ0v) is 14.8. The summed E-state index contributed by atoms with van der Waals surface area (Å²) < 4.78 is 1.88. The Morgan fingerprint density at radius 1 is 1.13 bits per heavy atom. The third-order valence-electron chi connectivity index (χ3n) is 5.16. The molecule has 0 saturated carbocycles. The summed E-state index contributed by atoms with van der Waals surface area (Å²) in [5, 5.41) is 0.907. The number of aryl methyl sites for hydroxylation is 2. The summed E-state index contributed by atoms with van der Waals surface area (Å²) in [7, 11) is 2.15. The molecule has 0 aromatic carbocycles. The van der Waals surface area contributed by atoms with Gasteiger partial charge in [-0.05, 0) is 45.2 Å². The highest BCUT2D eigenvalue weighted by Gasteiger charge is 2.24. The van der Waals surface area contributed by atoms with E-state index in [0.717, 1.165) is 55.2 Å². The van der Waals surface area contributed by atoms with Crippen molar-refractivity contribution in [2.45, 2.75) is 39.2 Å².